The van der Waals surface area contributed by atoms with Gasteiger partial charge in [-0.2, -0.15) is 0 Å². The van der Waals surface area contributed by atoms with Gasteiger partial charge >= 0.3 is 0 Å². The van der Waals surface area contributed by atoms with E-state index in [1.807, 2.05) is 6.92 Å². The minimum absolute atomic E-state index is 0.175. The summed E-state index contributed by atoms with van der Waals surface area (Å²) in [5.74, 6) is 5.96. The fraction of sp³-hybridized carbons (Fsp3) is 0.625. The van der Waals surface area contributed by atoms with Crippen LogP contribution in [0, 0.1) is 11.8 Å². The highest BCUT2D eigenvalue weighted by Gasteiger charge is 2.23. The second-order valence-electron chi connectivity index (χ2n) is 2.43. The van der Waals surface area contributed by atoms with Gasteiger partial charge in [0.25, 0.3) is 0 Å². The molecule has 1 amide bonds. The average Bonchev–Trinajstić information content (AvgIpc) is 1.85. The Morgan fingerprint density at radius 1 is 1.80 bits per heavy atom. The van der Waals surface area contributed by atoms with E-state index in [0.29, 0.717) is 12.5 Å². The van der Waals surface area contributed by atoms with Crippen LogP contribution in [0.5, 0.6) is 0 Å². The predicted octanol–water partition coefficient (Wildman–Crippen LogP) is 0.678. The predicted molar refractivity (Wildman–Crippen MR) is 39.2 cm³/mol. The third kappa shape index (κ3) is 1.77. The van der Waals surface area contributed by atoms with Gasteiger partial charge in [-0.15, -0.1) is 11.8 Å². The Kier molecular flexibility index (Phi) is 2.33. The van der Waals surface area contributed by atoms with Gasteiger partial charge in [0.15, 0.2) is 0 Å². The third-order valence-corrected chi connectivity index (χ3v) is 1.59. The number of amides is 1. The van der Waals surface area contributed by atoms with Gasteiger partial charge in [-0.3, -0.25) is 4.79 Å². The lowest BCUT2D eigenvalue weighted by Gasteiger charge is -2.25. The van der Waals surface area contributed by atoms with Gasteiger partial charge in [0.2, 0.25) is 5.91 Å². The molecule has 1 N–H and O–H groups in total. The second kappa shape index (κ2) is 3.26. The van der Waals surface area contributed by atoms with E-state index < -0.39 is 0 Å². The van der Waals surface area contributed by atoms with E-state index in [9.17, 15) is 4.79 Å². The Morgan fingerprint density at radius 2 is 2.50 bits per heavy atom. The molecule has 0 aromatic carbocycles. The molecule has 10 heavy (non-hydrogen) atoms. The van der Waals surface area contributed by atoms with Crippen LogP contribution in [-0.2, 0) is 4.79 Å². The number of carbonyl (C=O) groups is 1. The Balaban J connectivity index is 2.04. The van der Waals surface area contributed by atoms with E-state index in [1.165, 1.54) is 0 Å². The molecule has 1 aliphatic heterocycles. The minimum atomic E-state index is 0.175. The fourth-order valence-electron chi connectivity index (χ4n) is 0.976. The summed E-state index contributed by atoms with van der Waals surface area (Å²) < 4.78 is 0. The van der Waals surface area contributed by atoms with Crippen molar-refractivity contribution in [3.63, 3.8) is 0 Å². The molecule has 0 bridgehead atoms. The Morgan fingerprint density at radius 3 is 3.00 bits per heavy atom. The van der Waals surface area contributed by atoms with Crippen LogP contribution >= 0.6 is 0 Å². The normalized spacial score (nSPS) is 22.1. The molecule has 2 nitrogen and oxygen atoms in total. The van der Waals surface area contributed by atoms with Crippen molar-refractivity contribution in [1.82, 2.24) is 5.32 Å². The van der Waals surface area contributed by atoms with Crippen LogP contribution in [0.3, 0.4) is 0 Å². The van der Waals surface area contributed by atoms with Gasteiger partial charge in [-0.05, 0) is 13.3 Å². The second-order valence-corrected chi connectivity index (χ2v) is 2.43. The standard InChI is InChI=1S/C8H11NO/c1-2-3-4-5-7-6-8(10)9-7/h7H,4-6H2,1H3,(H,9,10). The number of β-lactam (4-membered cyclic amide) rings is 1. The first kappa shape index (κ1) is 7.14. The van der Waals surface area contributed by atoms with Crippen LogP contribution in [-0.4, -0.2) is 11.9 Å². The molecular weight excluding hydrogens is 126 g/mol. The molecule has 1 fully saturated rings. The first-order chi connectivity index (χ1) is 4.83. The lowest BCUT2D eigenvalue weighted by atomic mass is 10.0. The summed E-state index contributed by atoms with van der Waals surface area (Å²) in [5, 5.41) is 2.79. The first-order valence-electron chi connectivity index (χ1n) is 3.52. The summed E-state index contributed by atoms with van der Waals surface area (Å²) in [5.41, 5.74) is 0. The summed E-state index contributed by atoms with van der Waals surface area (Å²) >= 11 is 0. The number of hydrogen-bond donors (Lipinski definition) is 1. The van der Waals surface area contributed by atoms with Crippen LogP contribution in [0.25, 0.3) is 0 Å². The first-order valence-corrected chi connectivity index (χ1v) is 3.52. The number of hydrogen-bond acceptors (Lipinski definition) is 1. The van der Waals surface area contributed by atoms with Crippen LogP contribution < -0.4 is 5.32 Å². The van der Waals surface area contributed by atoms with Gasteiger partial charge in [-0.25, -0.2) is 0 Å². The van der Waals surface area contributed by atoms with E-state index in [4.69, 9.17) is 0 Å². The summed E-state index contributed by atoms with van der Waals surface area (Å²) in [6, 6.07) is 0.411. The van der Waals surface area contributed by atoms with Crippen molar-refractivity contribution in [2.75, 3.05) is 0 Å². The van der Waals surface area contributed by atoms with E-state index >= 15 is 0 Å². The lowest BCUT2D eigenvalue weighted by molar-refractivity contribution is -0.128. The smallest absolute Gasteiger partial charge is 0.222 e. The maximum atomic E-state index is 10.4. The maximum Gasteiger partial charge on any atom is 0.222 e. The number of carbonyl (C=O) groups excluding carboxylic acids is 1. The maximum absolute atomic E-state index is 10.4. The largest absolute Gasteiger partial charge is 0.353 e. The molecule has 0 radical (unpaired) electrons. The van der Waals surface area contributed by atoms with E-state index in [0.717, 1.165) is 12.8 Å². The average molecular weight is 137 g/mol. The number of rotatable bonds is 2. The molecule has 1 atom stereocenters. The molecule has 1 aliphatic rings. The van der Waals surface area contributed by atoms with Gasteiger partial charge < -0.3 is 5.32 Å². The van der Waals surface area contributed by atoms with E-state index in [2.05, 4.69) is 17.2 Å². The fourth-order valence-corrected chi connectivity index (χ4v) is 0.976. The summed E-state index contributed by atoms with van der Waals surface area (Å²) in [4.78, 5) is 10.4. The Hall–Kier alpha value is -0.970. The van der Waals surface area contributed by atoms with E-state index in [-0.39, 0.29) is 5.91 Å². The van der Waals surface area contributed by atoms with Crippen LogP contribution in [0.2, 0.25) is 0 Å². The van der Waals surface area contributed by atoms with Gasteiger partial charge in [-0.1, -0.05) is 0 Å². The van der Waals surface area contributed by atoms with Crippen molar-refractivity contribution in [2.45, 2.75) is 32.2 Å². The molecule has 0 saturated carbocycles. The molecule has 1 saturated heterocycles. The third-order valence-electron chi connectivity index (χ3n) is 1.59. The topological polar surface area (TPSA) is 29.1 Å². The van der Waals surface area contributed by atoms with Crippen LogP contribution in [0.15, 0.2) is 0 Å². The van der Waals surface area contributed by atoms with Crippen molar-refractivity contribution < 1.29 is 4.79 Å². The van der Waals surface area contributed by atoms with Crippen molar-refractivity contribution in [3.8, 4) is 11.8 Å². The summed E-state index contributed by atoms with van der Waals surface area (Å²) in [6.07, 6.45) is 2.61. The Bertz CT molecular complexity index is 179. The zero-order chi connectivity index (χ0) is 7.40. The van der Waals surface area contributed by atoms with Crippen molar-refractivity contribution in [3.05, 3.63) is 0 Å². The molecule has 0 aliphatic carbocycles. The van der Waals surface area contributed by atoms with Gasteiger partial charge in [0.1, 0.15) is 0 Å². The van der Waals surface area contributed by atoms with Crippen LogP contribution in [0.4, 0.5) is 0 Å². The molecule has 0 aromatic heterocycles. The highest BCUT2D eigenvalue weighted by molar-refractivity contribution is 5.82. The molecule has 0 aromatic rings. The molecule has 54 valence electrons. The SMILES string of the molecule is CC#CCCC1CC(=O)N1. The van der Waals surface area contributed by atoms with Crippen molar-refractivity contribution >= 4 is 5.91 Å². The zero-order valence-corrected chi connectivity index (χ0v) is 6.11. The molecule has 0 spiro atoms. The molecule has 2 heteroatoms. The Labute approximate surface area is 61.0 Å². The monoisotopic (exact) mass is 137 g/mol. The summed E-state index contributed by atoms with van der Waals surface area (Å²) in [7, 11) is 0. The van der Waals surface area contributed by atoms with Gasteiger partial charge in [0, 0.05) is 18.9 Å². The van der Waals surface area contributed by atoms with E-state index in [1.54, 1.807) is 0 Å². The van der Waals surface area contributed by atoms with Gasteiger partial charge in [0.05, 0.1) is 0 Å². The zero-order valence-electron chi connectivity index (χ0n) is 6.11. The molecule has 1 heterocycles. The highest BCUT2D eigenvalue weighted by Crippen LogP contribution is 2.09. The molecule has 1 rings (SSSR count). The lowest BCUT2D eigenvalue weighted by Crippen LogP contribution is -2.48. The summed E-state index contributed by atoms with van der Waals surface area (Å²) in [6.45, 7) is 1.83. The molecular formula is C8H11NO. The minimum Gasteiger partial charge on any atom is -0.353 e. The number of nitrogens with one attached hydrogen (secondary N) is 1. The van der Waals surface area contributed by atoms with Crippen molar-refractivity contribution in [1.29, 1.82) is 0 Å². The highest BCUT2D eigenvalue weighted by atomic mass is 16.2. The van der Waals surface area contributed by atoms with Crippen LogP contribution in [0.1, 0.15) is 26.2 Å². The quantitative estimate of drug-likeness (QED) is 0.440. The van der Waals surface area contributed by atoms with Crippen molar-refractivity contribution in [2.24, 2.45) is 0 Å². The molecule has 1 unspecified atom stereocenters.